The molecule has 36 heavy (non-hydrogen) atoms. The van der Waals surface area contributed by atoms with Gasteiger partial charge in [0.2, 0.25) is 11.8 Å². The number of hydrogen-bond acceptors (Lipinski definition) is 6. The number of amides is 2. The molecule has 2 heterocycles. The molecule has 0 radical (unpaired) electrons. The number of thiazole rings is 1. The van der Waals surface area contributed by atoms with Crippen LogP contribution in [0, 0.1) is 22.7 Å². The summed E-state index contributed by atoms with van der Waals surface area (Å²) in [5, 5.41) is 25.0. The number of fused-ring (bicyclic) bond motifs is 2. The topological polar surface area (TPSA) is 103 Å². The molecule has 5 unspecified atom stereocenters. The van der Waals surface area contributed by atoms with Crippen molar-refractivity contribution in [2.45, 2.75) is 104 Å². The van der Waals surface area contributed by atoms with Gasteiger partial charge in [-0.05, 0) is 55.8 Å². The van der Waals surface area contributed by atoms with Crippen molar-refractivity contribution in [1.29, 1.82) is 0 Å². The third-order valence-corrected chi connectivity index (χ3v) is 10.7. The zero-order valence-corrected chi connectivity index (χ0v) is 23.3. The van der Waals surface area contributed by atoms with E-state index in [0.717, 1.165) is 62.2 Å². The molecule has 1 aliphatic heterocycles. The summed E-state index contributed by atoms with van der Waals surface area (Å²) in [5.74, 6) is 0.750. The van der Waals surface area contributed by atoms with Crippen LogP contribution in [0.3, 0.4) is 0 Å². The molecule has 1 saturated heterocycles. The second kappa shape index (κ2) is 11.1. The molecule has 1 aromatic rings. The van der Waals surface area contributed by atoms with E-state index in [4.69, 9.17) is 4.98 Å². The molecule has 1 saturated carbocycles. The molecule has 0 spiro atoms. The lowest BCUT2D eigenvalue weighted by atomic mass is 9.47. The molecule has 2 aliphatic carbocycles. The maximum absolute atomic E-state index is 13.6. The number of carbonyl (C=O) groups is 2. The lowest BCUT2D eigenvalue weighted by Crippen LogP contribution is -2.57. The number of piperidine rings is 1. The first-order valence-electron chi connectivity index (χ1n) is 14.0. The number of aliphatic hydroxyl groups excluding tert-OH is 2. The maximum Gasteiger partial charge on any atom is 0.226 e. The summed E-state index contributed by atoms with van der Waals surface area (Å²) in [6, 6.07) is 0. The lowest BCUT2D eigenvalue weighted by molar-refractivity contribution is -0.147. The largest absolute Gasteiger partial charge is 0.396 e. The van der Waals surface area contributed by atoms with E-state index in [1.165, 1.54) is 11.3 Å². The Bertz CT molecular complexity index is 943. The monoisotopic (exact) mass is 519 g/mol. The smallest absolute Gasteiger partial charge is 0.226 e. The summed E-state index contributed by atoms with van der Waals surface area (Å²) in [6.07, 6.45) is 7.46. The molecule has 0 bridgehead atoms. The molecule has 1 aromatic heterocycles. The number of nitrogens with zero attached hydrogens (tertiary/aromatic N) is 2. The first kappa shape index (κ1) is 27.5. The molecule has 8 heteroatoms. The highest BCUT2D eigenvalue weighted by atomic mass is 32.1. The standard InChI is InChI=1S/C28H45N3O4S/c1-5-6-7-8-23(34)29-26-30-25-19(15-24(35)31-13-10-18(2)11-14-31)27(3)12-9-22(33)28(4,17-32)21(27)16-20(25)36-26/h18-19,21-22,32-33H,5-17H2,1-4H3,(H,29,30,34). The van der Waals surface area contributed by atoms with Gasteiger partial charge >= 0.3 is 0 Å². The second-order valence-electron chi connectivity index (χ2n) is 12.1. The highest BCUT2D eigenvalue weighted by Crippen LogP contribution is 2.63. The lowest BCUT2D eigenvalue weighted by Gasteiger charge is -2.58. The Balaban J connectivity index is 1.64. The number of unbranched alkanes of at least 4 members (excludes halogenated alkanes) is 2. The molecule has 2 amide bonds. The quantitative estimate of drug-likeness (QED) is 0.431. The average Bonchev–Trinajstić information content (AvgIpc) is 3.25. The minimum Gasteiger partial charge on any atom is -0.396 e. The summed E-state index contributed by atoms with van der Waals surface area (Å²) < 4.78 is 0. The van der Waals surface area contributed by atoms with E-state index in [9.17, 15) is 19.8 Å². The van der Waals surface area contributed by atoms with Crippen molar-refractivity contribution < 1.29 is 19.8 Å². The maximum atomic E-state index is 13.6. The first-order valence-corrected chi connectivity index (χ1v) is 14.8. The van der Waals surface area contributed by atoms with Crippen LogP contribution in [0.2, 0.25) is 0 Å². The van der Waals surface area contributed by atoms with E-state index in [2.05, 4.69) is 26.1 Å². The van der Waals surface area contributed by atoms with Gasteiger partial charge in [-0.15, -0.1) is 11.3 Å². The Kier molecular flexibility index (Phi) is 8.47. The molecule has 0 aromatic carbocycles. The van der Waals surface area contributed by atoms with Gasteiger partial charge in [0.05, 0.1) is 18.4 Å². The SMILES string of the molecule is CCCCCC(=O)Nc1nc2c(s1)CC1C(C)(CO)C(O)CCC1(C)C2CC(=O)N1CCC(C)CC1. The third kappa shape index (κ3) is 5.23. The number of carbonyl (C=O) groups excluding carboxylic acids is 2. The summed E-state index contributed by atoms with van der Waals surface area (Å²) in [6.45, 7) is 10.1. The predicted octanol–water partition coefficient (Wildman–Crippen LogP) is 4.73. The fourth-order valence-electron chi connectivity index (χ4n) is 6.98. The van der Waals surface area contributed by atoms with Crippen LogP contribution in [0.1, 0.15) is 102 Å². The Morgan fingerprint density at radius 1 is 1.19 bits per heavy atom. The number of nitrogens with one attached hydrogen (secondary N) is 1. The van der Waals surface area contributed by atoms with Gasteiger partial charge in [-0.25, -0.2) is 4.98 Å². The van der Waals surface area contributed by atoms with Crippen LogP contribution in [-0.2, 0) is 16.0 Å². The average molecular weight is 520 g/mol. The minimum atomic E-state index is -0.639. The molecule has 7 nitrogen and oxygen atoms in total. The molecule has 5 atom stereocenters. The van der Waals surface area contributed by atoms with Crippen molar-refractivity contribution in [3.05, 3.63) is 10.6 Å². The van der Waals surface area contributed by atoms with Crippen LogP contribution in [-0.4, -0.2) is 57.7 Å². The number of aromatic nitrogens is 1. The Labute approximate surface area is 220 Å². The number of aliphatic hydroxyl groups is 2. The highest BCUT2D eigenvalue weighted by Gasteiger charge is 2.59. The summed E-state index contributed by atoms with van der Waals surface area (Å²) in [7, 11) is 0. The van der Waals surface area contributed by atoms with Crippen LogP contribution in [0.15, 0.2) is 0 Å². The van der Waals surface area contributed by atoms with Crippen LogP contribution < -0.4 is 5.32 Å². The van der Waals surface area contributed by atoms with Crippen molar-refractivity contribution in [2.24, 2.45) is 22.7 Å². The minimum absolute atomic E-state index is 0.0103. The number of likely N-dealkylation sites (tertiary alicyclic amines) is 1. The van der Waals surface area contributed by atoms with Crippen LogP contribution >= 0.6 is 11.3 Å². The molecular weight excluding hydrogens is 474 g/mol. The molecular formula is C28H45N3O4S. The third-order valence-electron chi connectivity index (χ3n) is 9.66. The van der Waals surface area contributed by atoms with Crippen LogP contribution in [0.4, 0.5) is 5.13 Å². The first-order chi connectivity index (χ1) is 17.1. The van der Waals surface area contributed by atoms with Gasteiger partial charge in [0.1, 0.15) is 0 Å². The van der Waals surface area contributed by atoms with Crippen molar-refractivity contribution in [1.82, 2.24) is 9.88 Å². The van der Waals surface area contributed by atoms with Gasteiger partial charge in [0, 0.05) is 42.1 Å². The van der Waals surface area contributed by atoms with Gasteiger partial charge in [-0.3, -0.25) is 9.59 Å². The van der Waals surface area contributed by atoms with E-state index < -0.39 is 11.5 Å². The van der Waals surface area contributed by atoms with Gasteiger partial charge < -0.3 is 20.4 Å². The van der Waals surface area contributed by atoms with Gasteiger partial charge in [0.25, 0.3) is 0 Å². The van der Waals surface area contributed by atoms with Crippen molar-refractivity contribution in [3.8, 4) is 0 Å². The van der Waals surface area contributed by atoms with Crippen molar-refractivity contribution in [2.75, 3.05) is 25.0 Å². The number of hydrogen-bond donors (Lipinski definition) is 3. The molecule has 3 aliphatic rings. The number of rotatable bonds is 8. The summed E-state index contributed by atoms with van der Waals surface area (Å²) >= 11 is 1.51. The molecule has 3 N–H and O–H groups in total. The summed E-state index contributed by atoms with van der Waals surface area (Å²) in [4.78, 5) is 34.1. The fourth-order valence-corrected chi connectivity index (χ4v) is 8.06. The van der Waals surface area contributed by atoms with E-state index in [-0.39, 0.29) is 35.7 Å². The van der Waals surface area contributed by atoms with E-state index in [1.807, 2.05) is 11.8 Å². The zero-order chi connectivity index (χ0) is 26.1. The van der Waals surface area contributed by atoms with Crippen molar-refractivity contribution >= 4 is 28.3 Å². The fraction of sp³-hybridized carbons (Fsp3) is 0.821. The highest BCUT2D eigenvalue weighted by molar-refractivity contribution is 7.15. The Hall–Kier alpha value is -1.51. The summed E-state index contributed by atoms with van der Waals surface area (Å²) in [5.41, 5.74) is 0.0389. The van der Waals surface area contributed by atoms with Crippen LogP contribution in [0.5, 0.6) is 0 Å². The van der Waals surface area contributed by atoms with Crippen LogP contribution in [0.25, 0.3) is 0 Å². The van der Waals surface area contributed by atoms with Gasteiger partial charge in [0.15, 0.2) is 5.13 Å². The number of anilines is 1. The van der Waals surface area contributed by atoms with E-state index >= 15 is 0 Å². The molecule has 202 valence electrons. The van der Waals surface area contributed by atoms with E-state index in [0.29, 0.717) is 36.7 Å². The zero-order valence-electron chi connectivity index (χ0n) is 22.5. The van der Waals surface area contributed by atoms with Gasteiger partial charge in [-0.1, -0.05) is 40.5 Å². The van der Waals surface area contributed by atoms with E-state index in [1.54, 1.807) is 0 Å². The predicted molar refractivity (Wildman–Crippen MR) is 143 cm³/mol. The second-order valence-corrected chi connectivity index (χ2v) is 13.2. The van der Waals surface area contributed by atoms with Crippen molar-refractivity contribution in [3.63, 3.8) is 0 Å². The molecule has 4 rings (SSSR count). The normalized spacial score (nSPS) is 32.6. The molecule has 2 fully saturated rings. The van der Waals surface area contributed by atoms with Gasteiger partial charge in [-0.2, -0.15) is 0 Å². The Morgan fingerprint density at radius 3 is 2.58 bits per heavy atom. The Morgan fingerprint density at radius 2 is 1.92 bits per heavy atom.